The fourth-order valence-electron chi connectivity index (χ4n) is 2.33. The van der Waals surface area contributed by atoms with Crippen LogP contribution in [0.3, 0.4) is 0 Å². The van der Waals surface area contributed by atoms with Gasteiger partial charge in [0, 0.05) is 11.3 Å². The minimum Gasteiger partial charge on any atom is -0.454 e. The largest absolute Gasteiger partial charge is 0.454 e. The molecular formula is C17H17NO3. The summed E-state index contributed by atoms with van der Waals surface area (Å²) in [6.45, 7) is 2.32. The zero-order valence-corrected chi connectivity index (χ0v) is 11.9. The van der Waals surface area contributed by atoms with Crippen LogP contribution in [0.4, 0.5) is 5.69 Å². The van der Waals surface area contributed by atoms with Gasteiger partial charge in [-0.25, -0.2) is 0 Å². The van der Waals surface area contributed by atoms with Gasteiger partial charge in [0.25, 0.3) is 0 Å². The van der Waals surface area contributed by atoms with Crippen LogP contribution in [0.2, 0.25) is 0 Å². The second-order valence-corrected chi connectivity index (χ2v) is 4.93. The van der Waals surface area contributed by atoms with Crippen LogP contribution in [0.25, 0.3) is 0 Å². The number of nitrogens with one attached hydrogen (secondary N) is 1. The quantitative estimate of drug-likeness (QED) is 0.937. The predicted molar refractivity (Wildman–Crippen MR) is 80.7 cm³/mol. The smallest absolute Gasteiger partial charge is 0.231 e. The molecule has 1 amide bonds. The first-order chi connectivity index (χ1) is 10.3. The van der Waals surface area contributed by atoms with Crippen LogP contribution in [0.5, 0.6) is 11.5 Å². The molecule has 2 aromatic rings. The van der Waals surface area contributed by atoms with Gasteiger partial charge in [0.15, 0.2) is 11.5 Å². The summed E-state index contributed by atoms with van der Waals surface area (Å²) in [5, 5.41) is 2.90. The van der Waals surface area contributed by atoms with E-state index in [0.717, 1.165) is 17.7 Å². The Bertz CT molecular complexity index is 650. The summed E-state index contributed by atoms with van der Waals surface area (Å²) in [7, 11) is 0. The van der Waals surface area contributed by atoms with Crippen LogP contribution in [0, 0.1) is 0 Å². The SMILES string of the molecule is CCc1ccc(NC(=O)Cc2cccc3c2OCO3)cc1. The van der Waals surface area contributed by atoms with Gasteiger partial charge in [0.1, 0.15) is 0 Å². The second-order valence-electron chi connectivity index (χ2n) is 4.93. The number of carbonyl (C=O) groups excluding carboxylic acids is 1. The topological polar surface area (TPSA) is 47.6 Å². The maximum Gasteiger partial charge on any atom is 0.231 e. The molecule has 1 aliphatic rings. The summed E-state index contributed by atoms with van der Waals surface area (Å²) in [6.07, 6.45) is 1.25. The molecule has 0 bridgehead atoms. The van der Waals surface area contributed by atoms with Crippen molar-refractivity contribution < 1.29 is 14.3 Å². The molecule has 0 saturated carbocycles. The number of rotatable bonds is 4. The molecule has 4 nitrogen and oxygen atoms in total. The standard InChI is InChI=1S/C17H17NO3/c1-2-12-6-8-14(9-7-12)18-16(19)10-13-4-3-5-15-17(13)21-11-20-15/h3-9H,2,10-11H2,1H3,(H,18,19). The Morgan fingerprint density at radius 1 is 1.14 bits per heavy atom. The lowest BCUT2D eigenvalue weighted by Crippen LogP contribution is -2.14. The Kier molecular flexibility index (Phi) is 3.77. The monoisotopic (exact) mass is 283 g/mol. The Hall–Kier alpha value is -2.49. The fourth-order valence-corrected chi connectivity index (χ4v) is 2.33. The van der Waals surface area contributed by atoms with E-state index in [-0.39, 0.29) is 19.1 Å². The number of benzene rings is 2. The van der Waals surface area contributed by atoms with E-state index in [1.807, 2.05) is 42.5 Å². The number of anilines is 1. The Balaban J connectivity index is 1.68. The molecule has 0 radical (unpaired) electrons. The van der Waals surface area contributed by atoms with Crippen LogP contribution in [0.1, 0.15) is 18.1 Å². The summed E-state index contributed by atoms with van der Waals surface area (Å²) in [5.74, 6) is 1.31. The van der Waals surface area contributed by atoms with Crippen molar-refractivity contribution in [1.82, 2.24) is 0 Å². The molecule has 0 spiro atoms. The molecule has 2 aromatic carbocycles. The number of fused-ring (bicyclic) bond motifs is 1. The predicted octanol–water partition coefficient (Wildman–Crippen LogP) is 3.16. The molecule has 3 rings (SSSR count). The lowest BCUT2D eigenvalue weighted by atomic mass is 10.1. The van der Waals surface area contributed by atoms with Crippen LogP contribution >= 0.6 is 0 Å². The third kappa shape index (κ3) is 2.99. The number of hydrogen-bond donors (Lipinski definition) is 1. The highest BCUT2D eigenvalue weighted by Gasteiger charge is 2.18. The molecule has 0 aromatic heterocycles. The molecule has 0 fully saturated rings. The van der Waals surface area contributed by atoms with E-state index in [1.165, 1.54) is 5.56 Å². The molecule has 1 aliphatic heterocycles. The molecule has 21 heavy (non-hydrogen) atoms. The van der Waals surface area contributed by atoms with Gasteiger partial charge >= 0.3 is 0 Å². The van der Waals surface area contributed by atoms with Gasteiger partial charge in [-0.05, 0) is 30.2 Å². The van der Waals surface area contributed by atoms with Crippen LogP contribution in [-0.4, -0.2) is 12.7 Å². The van der Waals surface area contributed by atoms with Gasteiger partial charge in [-0.3, -0.25) is 4.79 Å². The fraction of sp³-hybridized carbons (Fsp3) is 0.235. The van der Waals surface area contributed by atoms with E-state index in [2.05, 4.69) is 12.2 Å². The number of aryl methyl sites for hydroxylation is 1. The van der Waals surface area contributed by atoms with Gasteiger partial charge in [-0.2, -0.15) is 0 Å². The highest BCUT2D eigenvalue weighted by molar-refractivity contribution is 5.92. The van der Waals surface area contributed by atoms with Crippen molar-refractivity contribution in [3.63, 3.8) is 0 Å². The first-order valence-electron chi connectivity index (χ1n) is 7.02. The number of para-hydroxylation sites is 1. The number of carbonyl (C=O) groups is 1. The van der Waals surface area contributed by atoms with Crippen LogP contribution in [0.15, 0.2) is 42.5 Å². The summed E-state index contributed by atoms with van der Waals surface area (Å²) in [6, 6.07) is 13.5. The molecule has 1 N–H and O–H groups in total. The lowest BCUT2D eigenvalue weighted by Gasteiger charge is -2.08. The summed E-state index contributed by atoms with van der Waals surface area (Å²) < 4.78 is 10.7. The summed E-state index contributed by atoms with van der Waals surface area (Å²) >= 11 is 0. The number of ether oxygens (including phenoxy) is 2. The van der Waals surface area contributed by atoms with Crippen molar-refractivity contribution in [2.75, 3.05) is 12.1 Å². The van der Waals surface area contributed by atoms with E-state index in [1.54, 1.807) is 0 Å². The van der Waals surface area contributed by atoms with E-state index < -0.39 is 0 Å². The molecule has 4 heteroatoms. The second kappa shape index (κ2) is 5.87. The average Bonchev–Trinajstić information content (AvgIpc) is 2.97. The third-order valence-electron chi connectivity index (χ3n) is 3.48. The van der Waals surface area contributed by atoms with Gasteiger partial charge in [-0.1, -0.05) is 31.2 Å². The van der Waals surface area contributed by atoms with E-state index in [4.69, 9.17) is 9.47 Å². The Morgan fingerprint density at radius 3 is 2.71 bits per heavy atom. The van der Waals surface area contributed by atoms with Crippen molar-refractivity contribution in [3.8, 4) is 11.5 Å². The first-order valence-corrected chi connectivity index (χ1v) is 7.02. The van der Waals surface area contributed by atoms with Crippen LogP contribution in [-0.2, 0) is 17.6 Å². The van der Waals surface area contributed by atoms with Crippen molar-refractivity contribution in [2.45, 2.75) is 19.8 Å². The van der Waals surface area contributed by atoms with E-state index in [0.29, 0.717) is 11.5 Å². The highest BCUT2D eigenvalue weighted by atomic mass is 16.7. The maximum absolute atomic E-state index is 12.1. The molecule has 1 heterocycles. The maximum atomic E-state index is 12.1. The first kappa shape index (κ1) is 13.5. The Morgan fingerprint density at radius 2 is 1.95 bits per heavy atom. The number of amides is 1. The van der Waals surface area contributed by atoms with Crippen molar-refractivity contribution in [3.05, 3.63) is 53.6 Å². The molecule has 0 atom stereocenters. The van der Waals surface area contributed by atoms with Crippen molar-refractivity contribution >= 4 is 11.6 Å². The normalized spacial score (nSPS) is 12.2. The molecule has 108 valence electrons. The van der Waals surface area contributed by atoms with Gasteiger partial charge in [0.2, 0.25) is 12.7 Å². The van der Waals surface area contributed by atoms with E-state index >= 15 is 0 Å². The summed E-state index contributed by atoms with van der Waals surface area (Å²) in [5.41, 5.74) is 2.90. The Labute approximate surface area is 123 Å². The summed E-state index contributed by atoms with van der Waals surface area (Å²) in [4.78, 5) is 12.1. The van der Waals surface area contributed by atoms with E-state index in [9.17, 15) is 4.79 Å². The van der Waals surface area contributed by atoms with Gasteiger partial charge < -0.3 is 14.8 Å². The zero-order chi connectivity index (χ0) is 14.7. The zero-order valence-electron chi connectivity index (χ0n) is 11.9. The minimum absolute atomic E-state index is 0.0665. The average molecular weight is 283 g/mol. The highest BCUT2D eigenvalue weighted by Crippen LogP contribution is 2.35. The molecule has 0 unspecified atom stereocenters. The molecule has 0 saturated heterocycles. The van der Waals surface area contributed by atoms with Gasteiger partial charge in [-0.15, -0.1) is 0 Å². The lowest BCUT2D eigenvalue weighted by molar-refractivity contribution is -0.115. The number of hydrogen-bond acceptors (Lipinski definition) is 3. The van der Waals surface area contributed by atoms with Crippen molar-refractivity contribution in [1.29, 1.82) is 0 Å². The van der Waals surface area contributed by atoms with Crippen LogP contribution < -0.4 is 14.8 Å². The molecular weight excluding hydrogens is 266 g/mol. The van der Waals surface area contributed by atoms with Gasteiger partial charge in [0.05, 0.1) is 6.42 Å². The minimum atomic E-state index is -0.0665. The molecule has 0 aliphatic carbocycles. The van der Waals surface area contributed by atoms with Crippen molar-refractivity contribution in [2.24, 2.45) is 0 Å². The third-order valence-corrected chi connectivity index (χ3v) is 3.48.